The largest absolute Gasteiger partial charge is 0.494 e. The third kappa shape index (κ3) is 2.71. The number of hydrogen-bond acceptors (Lipinski definition) is 9. The first kappa shape index (κ1) is 17.1. The minimum absolute atomic E-state index is 0.206. The first-order valence-corrected chi connectivity index (χ1v) is 9.99. The van der Waals surface area contributed by atoms with E-state index in [-0.39, 0.29) is 5.92 Å². The summed E-state index contributed by atoms with van der Waals surface area (Å²) < 4.78 is 7.06. The monoisotopic (exact) mass is 396 g/mol. The molecule has 1 atom stereocenters. The van der Waals surface area contributed by atoms with Crippen molar-refractivity contribution in [3.8, 4) is 5.75 Å². The van der Waals surface area contributed by atoms with Gasteiger partial charge < -0.3 is 15.4 Å². The first-order chi connectivity index (χ1) is 13.6. The highest BCUT2D eigenvalue weighted by Crippen LogP contribution is 2.32. The molecular formula is C18H20N8OS. The second kappa shape index (κ2) is 6.55. The molecule has 0 spiro atoms. The summed E-state index contributed by atoms with van der Waals surface area (Å²) in [5.74, 6) is 1.97. The second-order valence-electron chi connectivity index (χ2n) is 6.92. The smallest absolute Gasteiger partial charge is 0.223 e. The van der Waals surface area contributed by atoms with E-state index in [1.54, 1.807) is 23.0 Å². The number of nitrogens with two attached hydrogens (primary N) is 1. The molecule has 1 aromatic carbocycles. The number of hydrogen-bond donors (Lipinski definition) is 1. The summed E-state index contributed by atoms with van der Waals surface area (Å²) in [5.41, 5.74) is 7.58. The predicted octanol–water partition coefficient (Wildman–Crippen LogP) is 2.41. The van der Waals surface area contributed by atoms with E-state index in [1.165, 1.54) is 0 Å². The summed E-state index contributed by atoms with van der Waals surface area (Å²) in [6.45, 7) is 3.77. The Bertz CT molecular complexity index is 1170. The summed E-state index contributed by atoms with van der Waals surface area (Å²) >= 11 is 1.62. The van der Waals surface area contributed by atoms with Crippen molar-refractivity contribution in [3.05, 3.63) is 29.0 Å². The summed E-state index contributed by atoms with van der Waals surface area (Å²) in [6, 6.07) is 5.76. The zero-order chi connectivity index (χ0) is 19.3. The number of nitrogen functional groups attached to an aromatic ring is 1. The van der Waals surface area contributed by atoms with Crippen LogP contribution in [0.25, 0.3) is 16.6 Å². The summed E-state index contributed by atoms with van der Waals surface area (Å²) in [7, 11) is 1.62. The number of fused-ring (bicyclic) bond motifs is 3. The van der Waals surface area contributed by atoms with Gasteiger partial charge in [-0.1, -0.05) is 17.4 Å². The summed E-state index contributed by atoms with van der Waals surface area (Å²) in [5, 5.41) is 15.9. The van der Waals surface area contributed by atoms with Crippen LogP contribution >= 0.6 is 11.3 Å². The van der Waals surface area contributed by atoms with Gasteiger partial charge in [0.25, 0.3) is 0 Å². The Morgan fingerprint density at radius 2 is 2.14 bits per heavy atom. The molecule has 1 aliphatic rings. The molecule has 0 bridgehead atoms. The second-order valence-corrected chi connectivity index (χ2v) is 8.08. The number of benzene rings is 1. The van der Waals surface area contributed by atoms with Crippen LogP contribution in [0.15, 0.2) is 18.2 Å². The SMILES string of the molecule is COc1cccc2c1nc(N)n1nc(C3CCCN(c4nnc(C)s4)C3)nc21. The number of ether oxygens (including phenoxy) is 1. The molecule has 2 N–H and O–H groups in total. The van der Waals surface area contributed by atoms with Gasteiger partial charge in [-0.15, -0.1) is 15.3 Å². The van der Waals surface area contributed by atoms with Crippen LogP contribution in [0.1, 0.15) is 29.6 Å². The van der Waals surface area contributed by atoms with Crippen molar-refractivity contribution < 1.29 is 4.74 Å². The van der Waals surface area contributed by atoms with Crippen molar-refractivity contribution in [2.75, 3.05) is 30.8 Å². The molecule has 144 valence electrons. The topological polar surface area (TPSA) is 107 Å². The molecule has 1 aliphatic heterocycles. The summed E-state index contributed by atoms with van der Waals surface area (Å²) in [6.07, 6.45) is 2.08. The molecule has 28 heavy (non-hydrogen) atoms. The van der Waals surface area contributed by atoms with E-state index in [1.807, 2.05) is 25.1 Å². The number of methoxy groups -OCH3 is 1. The number of aromatic nitrogens is 6. The number of nitrogens with zero attached hydrogens (tertiary/aromatic N) is 7. The normalized spacial score (nSPS) is 17.5. The average molecular weight is 396 g/mol. The molecule has 10 heteroatoms. The van der Waals surface area contributed by atoms with E-state index >= 15 is 0 Å². The third-order valence-corrected chi connectivity index (χ3v) is 6.00. The van der Waals surface area contributed by atoms with E-state index in [9.17, 15) is 0 Å². The lowest BCUT2D eigenvalue weighted by molar-refractivity contribution is 0.419. The van der Waals surface area contributed by atoms with Gasteiger partial charge in [0.1, 0.15) is 16.3 Å². The fourth-order valence-electron chi connectivity index (χ4n) is 3.76. The van der Waals surface area contributed by atoms with E-state index in [2.05, 4.69) is 20.1 Å². The Kier molecular flexibility index (Phi) is 4.00. The number of aryl methyl sites for hydroxylation is 1. The molecule has 3 aromatic heterocycles. The number of piperidine rings is 1. The van der Waals surface area contributed by atoms with Crippen LogP contribution in [-0.4, -0.2) is 50.0 Å². The van der Waals surface area contributed by atoms with Crippen LogP contribution in [0.4, 0.5) is 11.1 Å². The van der Waals surface area contributed by atoms with Crippen molar-refractivity contribution in [3.63, 3.8) is 0 Å². The lowest BCUT2D eigenvalue weighted by Crippen LogP contribution is -2.34. The fourth-order valence-corrected chi connectivity index (χ4v) is 4.48. The Hall–Kier alpha value is -3.01. The highest BCUT2D eigenvalue weighted by Gasteiger charge is 2.27. The van der Waals surface area contributed by atoms with Crippen LogP contribution < -0.4 is 15.4 Å². The van der Waals surface area contributed by atoms with Crippen LogP contribution in [0, 0.1) is 6.92 Å². The van der Waals surface area contributed by atoms with Crippen molar-refractivity contribution in [1.29, 1.82) is 0 Å². The Morgan fingerprint density at radius 3 is 2.93 bits per heavy atom. The van der Waals surface area contributed by atoms with Gasteiger partial charge in [0.15, 0.2) is 11.5 Å². The van der Waals surface area contributed by atoms with Gasteiger partial charge in [-0.25, -0.2) is 9.97 Å². The standard InChI is InChI=1S/C18H20N8OS/c1-10-22-23-18(28-10)25-8-4-5-11(9-25)15-21-16-12-6-3-7-13(27-2)14(12)20-17(19)26(16)24-15/h3,6-7,11H,4-5,8-9H2,1-2H3,(H2,19,20). The molecule has 5 rings (SSSR count). The fraction of sp³-hybridized carbons (Fsp3) is 0.389. The maximum absolute atomic E-state index is 6.18. The Balaban J connectivity index is 1.56. The molecular weight excluding hydrogens is 376 g/mol. The molecule has 1 fully saturated rings. The maximum Gasteiger partial charge on any atom is 0.223 e. The highest BCUT2D eigenvalue weighted by molar-refractivity contribution is 7.15. The predicted molar refractivity (Wildman–Crippen MR) is 108 cm³/mol. The van der Waals surface area contributed by atoms with E-state index < -0.39 is 0 Å². The van der Waals surface area contributed by atoms with Crippen molar-refractivity contribution in [1.82, 2.24) is 29.8 Å². The lowest BCUT2D eigenvalue weighted by Gasteiger charge is -2.30. The lowest BCUT2D eigenvalue weighted by atomic mass is 9.98. The van der Waals surface area contributed by atoms with Crippen LogP contribution in [0.2, 0.25) is 0 Å². The van der Waals surface area contributed by atoms with Crippen LogP contribution in [-0.2, 0) is 0 Å². The highest BCUT2D eigenvalue weighted by atomic mass is 32.1. The first-order valence-electron chi connectivity index (χ1n) is 9.18. The van der Waals surface area contributed by atoms with Gasteiger partial charge in [-0.05, 0) is 31.9 Å². The molecule has 9 nitrogen and oxygen atoms in total. The van der Waals surface area contributed by atoms with Gasteiger partial charge in [0.05, 0.1) is 7.11 Å². The zero-order valence-electron chi connectivity index (χ0n) is 15.7. The minimum atomic E-state index is 0.206. The van der Waals surface area contributed by atoms with Gasteiger partial charge in [-0.2, -0.15) is 4.52 Å². The molecule has 1 saturated heterocycles. The zero-order valence-corrected chi connectivity index (χ0v) is 16.5. The van der Waals surface area contributed by atoms with Gasteiger partial charge in [0.2, 0.25) is 11.1 Å². The molecule has 0 radical (unpaired) electrons. The van der Waals surface area contributed by atoms with Crippen LogP contribution in [0.3, 0.4) is 0 Å². The van der Waals surface area contributed by atoms with Crippen molar-refractivity contribution in [2.24, 2.45) is 0 Å². The van der Waals surface area contributed by atoms with E-state index in [0.29, 0.717) is 22.9 Å². The molecule has 0 amide bonds. The Labute approximate surface area is 165 Å². The third-order valence-electron chi connectivity index (χ3n) is 5.10. The average Bonchev–Trinajstić information content (AvgIpc) is 3.35. The Morgan fingerprint density at radius 1 is 1.25 bits per heavy atom. The minimum Gasteiger partial charge on any atom is -0.494 e. The molecule has 4 heterocycles. The molecule has 4 aromatic rings. The van der Waals surface area contributed by atoms with E-state index in [0.717, 1.165) is 47.3 Å². The molecule has 0 aliphatic carbocycles. The van der Waals surface area contributed by atoms with Crippen molar-refractivity contribution >= 4 is 39.0 Å². The number of para-hydroxylation sites is 1. The van der Waals surface area contributed by atoms with E-state index in [4.69, 9.17) is 20.6 Å². The number of anilines is 2. The van der Waals surface area contributed by atoms with Crippen molar-refractivity contribution in [2.45, 2.75) is 25.7 Å². The van der Waals surface area contributed by atoms with Gasteiger partial charge >= 0.3 is 0 Å². The van der Waals surface area contributed by atoms with Gasteiger partial charge in [0, 0.05) is 24.4 Å². The quantitative estimate of drug-likeness (QED) is 0.562. The van der Waals surface area contributed by atoms with Crippen LogP contribution in [0.5, 0.6) is 5.75 Å². The molecule has 0 saturated carbocycles. The summed E-state index contributed by atoms with van der Waals surface area (Å²) in [4.78, 5) is 11.6. The maximum atomic E-state index is 6.18. The molecule has 1 unspecified atom stereocenters. The van der Waals surface area contributed by atoms with Gasteiger partial charge in [-0.3, -0.25) is 0 Å². The number of rotatable bonds is 3.